The molecule has 128 valence electrons. The van der Waals surface area contributed by atoms with Crippen molar-refractivity contribution in [2.24, 2.45) is 0 Å². The quantitative estimate of drug-likeness (QED) is 0.819. The molecule has 23 heavy (non-hydrogen) atoms. The highest BCUT2D eigenvalue weighted by Crippen LogP contribution is 2.23. The summed E-state index contributed by atoms with van der Waals surface area (Å²) in [6.07, 6.45) is 5.90. The molecule has 1 unspecified atom stereocenters. The first-order valence-electron chi connectivity index (χ1n) is 8.70. The molecule has 2 rings (SSSR count). The summed E-state index contributed by atoms with van der Waals surface area (Å²) in [4.78, 5) is 27.0. The van der Waals surface area contributed by atoms with E-state index in [0.717, 1.165) is 44.3 Å². The number of amides is 2. The summed E-state index contributed by atoms with van der Waals surface area (Å²) in [5.74, 6) is 1.24. The predicted molar refractivity (Wildman–Crippen MR) is 89.4 cm³/mol. The zero-order chi connectivity index (χ0) is 16.8. The Labute approximate surface area is 138 Å². The lowest BCUT2D eigenvalue weighted by Gasteiger charge is -2.34. The van der Waals surface area contributed by atoms with E-state index in [1.165, 1.54) is 0 Å². The van der Waals surface area contributed by atoms with Crippen LogP contribution in [-0.4, -0.2) is 35.8 Å². The lowest BCUT2D eigenvalue weighted by molar-refractivity contribution is -0.126. The monoisotopic (exact) mass is 320 g/mol. The van der Waals surface area contributed by atoms with E-state index in [-0.39, 0.29) is 17.9 Å². The molecule has 1 saturated heterocycles. The molecule has 1 aliphatic rings. The molecule has 0 aliphatic carbocycles. The van der Waals surface area contributed by atoms with Crippen molar-refractivity contribution in [3.63, 3.8) is 0 Å². The van der Waals surface area contributed by atoms with Gasteiger partial charge in [-0.15, -0.1) is 0 Å². The Hall–Kier alpha value is -1.78. The Morgan fingerprint density at radius 3 is 2.74 bits per heavy atom. The van der Waals surface area contributed by atoms with Crippen LogP contribution in [0, 0.1) is 13.8 Å². The molecule has 1 atom stereocenters. The van der Waals surface area contributed by atoms with Crippen LogP contribution in [0.5, 0.6) is 0 Å². The number of hydrogen-bond acceptors (Lipinski definition) is 3. The number of unbranched alkanes of at least 4 members (excludes halogenated alkanes) is 2. The number of nitrogens with zero attached hydrogens (tertiary/aromatic N) is 1. The van der Waals surface area contributed by atoms with Crippen LogP contribution in [0.4, 0.5) is 0 Å². The normalized spacial score (nSPS) is 18.0. The third kappa shape index (κ3) is 4.36. The summed E-state index contributed by atoms with van der Waals surface area (Å²) < 4.78 is 5.47. The molecule has 0 bridgehead atoms. The third-order valence-corrected chi connectivity index (χ3v) is 4.42. The summed E-state index contributed by atoms with van der Waals surface area (Å²) in [5.41, 5.74) is 0.577. The topological polar surface area (TPSA) is 62.6 Å². The SMILES string of the molecule is CCCCCNC(=O)C1CCCCN1C(=O)c1cc(C)oc1C. The number of carbonyl (C=O) groups excluding carboxylic acids is 2. The average Bonchev–Trinajstić information content (AvgIpc) is 2.89. The number of carbonyl (C=O) groups is 2. The van der Waals surface area contributed by atoms with Crippen molar-refractivity contribution in [1.29, 1.82) is 0 Å². The van der Waals surface area contributed by atoms with Crippen LogP contribution >= 0.6 is 0 Å². The highest BCUT2D eigenvalue weighted by molar-refractivity contribution is 5.98. The first kappa shape index (κ1) is 17.6. The Morgan fingerprint density at radius 1 is 1.30 bits per heavy atom. The molecule has 5 heteroatoms. The molecule has 1 N–H and O–H groups in total. The van der Waals surface area contributed by atoms with Gasteiger partial charge in [-0.05, 0) is 45.6 Å². The number of rotatable bonds is 6. The van der Waals surface area contributed by atoms with Crippen LogP contribution in [0.3, 0.4) is 0 Å². The number of furan rings is 1. The van der Waals surface area contributed by atoms with Crippen molar-refractivity contribution in [2.45, 2.75) is 65.3 Å². The number of hydrogen-bond donors (Lipinski definition) is 1. The fraction of sp³-hybridized carbons (Fsp3) is 0.667. The Morgan fingerprint density at radius 2 is 2.09 bits per heavy atom. The molecular weight excluding hydrogens is 292 g/mol. The molecule has 0 saturated carbocycles. The fourth-order valence-electron chi connectivity index (χ4n) is 3.15. The minimum Gasteiger partial charge on any atom is -0.466 e. The van der Waals surface area contributed by atoms with Gasteiger partial charge in [-0.2, -0.15) is 0 Å². The van der Waals surface area contributed by atoms with Gasteiger partial charge in [0, 0.05) is 13.1 Å². The highest BCUT2D eigenvalue weighted by Gasteiger charge is 2.33. The van der Waals surface area contributed by atoms with E-state index in [9.17, 15) is 9.59 Å². The molecule has 2 heterocycles. The zero-order valence-electron chi connectivity index (χ0n) is 14.5. The van der Waals surface area contributed by atoms with Crippen molar-refractivity contribution in [2.75, 3.05) is 13.1 Å². The first-order chi connectivity index (χ1) is 11.0. The molecule has 0 radical (unpaired) electrons. The molecule has 0 spiro atoms. The van der Waals surface area contributed by atoms with Crippen LogP contribution < -0.4 is 5.32 Å². The predicted octanol–water partition coefficient (Wildman–Crippen LogP) is 3.20. The van der Waals surface area contributed by atoms with Gasteiger partial charge >= 0.3 is 0 Å². The van der Waals surface area contributed by atoms with Crippen molar-refractivity contribution in [3.05, 3.63) is 23.2 Å². The van der Waals surface area contributed by atoms with E-state index < -0.39 is 0 Å². The van der Waals surface area contributed by atoms with E-state index in [4.69, 9.17) is 4.42 Å². The van der Waals surface area contributed by atoms with E-state index in [2.05, 4.69) is 12.2 Å². The molecular formula is C18H28N2O3. The molecule has 2 amide bonds. The first-order valence-corrected chi connectivity index (χ1v) is 8.70. The lowest BCUT2D eigenvalue weighted by atomic mass is 10.00. The van der Waals surface area contributed by atoms with Crippen molar-refractivity contribution in [3.8, 4) is 0 Å². The number of aryl methyl sites for hydroxylation is 2. The second-order valence-corrected chi connectivity index (χ2v) is 6.34. The van der Waals surface area contributed by atoms with Crippen LogP contribution in [0.25, 0.3) is 0 Å². The van der Waals surface area contributed by atoms with Crippen LogP contribution in [0.1, 0.15) is 67.3 Å². The van der Waals surface area contributed by atoms with Gasteiger partial charge in [0.05, 0.1) is 5.56 Å². The van der Waals surface area contributed by atoms with Gasteiger partial charge in [0.25, 0.3) is 5.91 Å². The van der Waals surface area contributed by atoms with Gasteiger partial charge in [-0.3, -0.25) is 9.59 Å². The van der Waals surface area contributed by atoms with Gasteiger partial charge < -0.3 is 14.6 Å². The van der Waals surface area contributed by atoms with Crippen molar-refractivity contribution >= 4 is 11.8 Å². The summed E-state index contributed by atoms with van der Waals surface area (Å²) in [5, 5.41) is 2.99. The molecule has 1 aromatic heterocycles. The molecule has 5 nitrogen and oxygen atoms in total. The van der Waals surface area contributed by atoms with Crippen LogP contribution in [-0.2, 0) is 4.79 Å². The third-order valence-electron chi connectivity index (χ3n) is 4.42. The summed E-state index contributed by atoms with van der Waals surface area (Å²) >= 11 is 0. The summed E-state index contributed by atoms with van der Waals surface area (Å²) in [6.45, 7) is 7.09. The van der Waals surface area contributed by atoms with Gasteiger partial charge in [0.15, 0.2) is 0 Å². The number of nitrogens with one attached hydrogen (secondary N) is 1. The Bertz CT molecular complexity index is 550. The second kappa shape index (κ2) is 8.18. The standard InChI is InChI=1S/C18H28N2O3/c1-4-5-7-10-19-17(21)16-9-6-8-11-20(16)18(22)15-12-13(2)23-14(15)3/h12,16H,4-11H2,1-3H3,(H,19,21). The van der Waals surface area contributed by atoms with E-state index >= 15 is 0 Å². The van der Waals surface area contributed by atoms with Crippen LogP contribution in [0.2, 0.25) is 0 Å². The second-order valence-electron chi connectivity index (χ2n) is 6.34. The molecule has 0 aromatic carbocycles. The lowest BCUT2D eigenvalue weighted by Crippen LogP contribution is -2.52. The molecule has 1 fully saturated rings. The summed E-state index contributed by atoms with van der Waals surface area (Å²) in [6, 6.07) is 1.41. The van der Waals surface area contributed by atoms with Gasteiger partial charge in [-0.25, -0.2) is 0 Å². The average molecular weight is 320 g/mol. The van der Waals surface area contributed by atoms with E-state index in [1.54, 1.807) is 17.9 Å². The largest absolute Gasteiger partial charge is 0.466 e. The van der Waals surface area contributed by atoms with Gasteiger partial charge in [0.1, 0.15) is 17.6 Å². The maximum Gasteiger partial charge on any atom is 0.258 e. The maximum atomic E-state index is 12.8. The maximum absolute atomic E-state index is 12.8. The van der Waals surface area contributed by atoms with Crippen molar-refractivity contribution < 1.29 is 14.0 Å². The Balaban J connectivity index is 2.04. The van der Waals surface area contributed by atoms with E-state index in [0.29, 0.717) is 24.4 Å². The summed E-state index contributed by atoms with van der Waals surface area (Å²) in [7, 11) is 0. The van der Waals surface area contributed by atoms with Gasteiger partial charge in [0.2, 0.25) is 5.91 Å². The fourth-order valence-corrected chi connectivity index (χ4v) is 3.15. The van der Waals surface area contributed by atoms with E-state index in [1.807, 2.05) is 6.92 Å². The minimum atomic E-state index is -0.354. The number of piperidine rings is 1. The number of likely N-dealkylation sites (tertiary alicyclic amines) is 1. The van der Waals surface area contributed by atoms with Crippen LogP contribution in [0.15, 0.2) is 10.5 Å². The van der Waals surface area contributed by atoms with Crippen molar-refractivity contribution in [1.82, 2.24) is 10.2 Å². The molecule has 1 aliphatic heterocycles. The smallest absolute Gasteiger partial charge is 0.258 e. The minimum absolute atomic E-state index is 0.0213. The highest BCUT2D eigenvalue weighted by atomic mass is 16.3. The zero-order valence-corrected chi connectivity index (χ0v) is 14.5. The Kier molecular flexibility index (Phi) is 6.25. The molecule has 1 aromatic rings. The van der Waals surface area contributed by atoms with Gasteiger partial charge in [-0.1, -0.05) is 19.8 Å².